The molecule has 1 rings (SSSR count). The standard InChI is InChI=1S/C20H36ClNO3/c1-2-3-6-10-17(23)11-9-15-22-16-14-18(21)19(22)12-7-4-5-8-13-20(24)25/h4,7,17-19,23H,2-3,5-6,8-16H2,1H3,(H,24,25)/b7-4-. The third-order valence-corrected chi connectivity index (χ3v) is 5.52. The normalized spacial score (nSPS) is 22.7. The van der Waals surface area contributed by atoms with E-state index >= 15 is 0 Å². The zero-order valence-electron chi connectivity index (χ0n) is 15.7. The molecule has 1 saturated heterocycles. The van der Waals surface area contributed by atoms with Gasteiger partial charge in [0.25, 0.3) is 0 Å². The number of unbranched alkanes of at least 4 members (excludes halogenated alkanes) is 3. The number of allylic oxidation sites excluding steroid dienone is 1. The number of aliphatic hydroxyl groups is 1. The maximum absolute atomic E-state index is 10.5. The average Bonchev–Trinajstić information content (AvgIpc) is 2.91. The molecule has 0 amide bonds. The minimum absolute atomic E-state index is 0.159. The number of carboxylic acid groups (broad SMARTS) is 1. The molecule has 0 radical (unpaired) electrons. The van der Waals surface area contributed by atoms with Gasteiger partial charge in [-0.2, -0.15) is 0 Å². The Kier molecular flexibility index (Phi) is 12.2. The summed E-state index contributed by atoms with van der Waals surface area (Å²) in [6.07, 6.45) is 14.1. The van der Waals surface area contributed by atoms with Crippen LogP contribution in [0.1, 0.15) is 77.6 Å². The predicted molar refractivity (Wildman–Crippen MR) is 104 cm³/mol. The Morgan fingerprint density at radius 2 is 2.00 bits per heavy atom. The number of carbonyl (C=O) groups is 1. The van der Waals surface area contributed by atoms with Gasteiger partial charge in [-0.1, -0.05) is 38.3 Å². The van der Waals surface area contributed by atoms with Crippen LogP contribution in [-0.4, -0.2) is 51.7 Å². The van der Waals surface area contributed by atoms with E-state index in [9.17, 15) is 9.90 Å². The van der Waals surface area contributed by atoms with Crippen molar-refractivity contribution in [2.75, 3.05) is 13.1 Å². The van der Waals surface area contributed by atoms with Crippen LogP contribution >= 0.6 is 11.6 Å². The number of hydrogen-bond donors (Lipinski definition) is 2. The number of aliphatic carboxylic acids is 1. The van der Waals surface area contributed by atoms with E-state index in [4.69, 9.17) is 16.7 Å². The number of halogens is 1. The van der Waals surface area contributed by atoms with Crippen LogP contribution in [0.5, 0.6) is 0 Å². The summed E-state index contributed by atoms with van der Waals surface area (Å²) in [5.74, 6) is -0.729. The lowest BCUT2D eigenvalue weighted by atomic mass is 10.1. The number of alkyl halides is 1. The summed E-state index contributed by atoms with van der Waals surface area (Å²) >= 11 is 6.48. The van der Waals surface area contributed by atoms with Crippen molar-refractivity contribution in [3.05, 3.63) is 12.2 Å². The largest absolute Gasteiger partial charge is 0.481 e. The van der Waals surface area contributed by atoms with Crippen LogP contribution in [0.15, 0.2) is 12.2 Å². The van der Waals surface area contributed by atoms with Crippen molar-refractivity contribution in [2.45, 2.75) is 95.1 Å². The van der Waals surface area contributed by atoms with Gasteiger partial charge in [0.2, 0.25) is 0 Å². The quantitative estimate of drug-likeness (QED) is 0.265. The van der Waals surface area contributed by atoms with E-state index in [2.05, 4.69) is 24.0 Å². The maximum Gasteiger partial charge on any atom is 0.303 e. The fraction of sp³-hybridized carbons (Fsp3) is 0.850. The van der Waals surface area contributed by atoms with Crippen molar-refractivity contribution in [3.8, 4) is 0 Å². The second-order valence-electron chi connectivity index (χ2n) is 7.19. The van der Waals surface area contributed by atoms with Gasteiger partial charge in [0.15, 0.2) is 0 Å². The maximum atomic E-state index is 10.5. The second-order valence-corrected chi connectivity index (χ2v) is 7.75. The van der Waals surface area contributed by atoms with Gasteiger partial charge in [-0.3, -0.25) is 9.69 Å². The van der Waals surface area contributed by atoms with E-state index in [0.717, 1.165) is 58.0 Å². The third kappa shape index (κ3) is 10.2. The molecule has 25 heavy (non-hydrogen) atoms. The van der Waals surface area contributed by atoms with Crippen molar-refractivity contribution in [1.82, 2.24) is 4.90 Å². The Bertz CT molecular complexity index is 389. The van der Waals surface area contributed by atoms with Crippen molar-refractivity contribution in [3.63, 3.8) is 0 Å². The molecular weight excluding hydrogens is 338 g/mol. The second kappa shape index (κ2) is 13.6. The number of nitrogens with zero attached hydrogens (tertiary/aromatic N) is 1. The summed E-state index contributed by atoms with van der Waals surface area (Å²) in [6, 6.07) is 0.370. The highest BCUT2D eigenvalue weighted by atomic mass is 35.5. The van der Waals surface area contributed by atoms with Crippen molar-refractivity contribution < 1.29 is 15.0 Å². The summed E-state index contributed by atoms with van der Waals surface area (Å²) in [6.45, 7) is 4.23. The molecule has 3 atom stereocenters. The van der Waals surface area contributed by atoms with Gasteiger partial charge in [0, 0.05) is 12.5 Å². The molecule has 5 heteroatoms. The molecule has 3 unspecified atom stereocenters. The lowest BCUT2D eigenvalue weighted by Gasteiger charge is -2.25. The molecule has 0 bridgehead atoms. The van der Waals surface area contributed by atoms with E-state index in [1.165, 1.54) is 12.8 Å². The number of rotatable bonds is 14. The van der Waals surface area contributed by atoms with Gasteiger partial charge in [-0.15, -0.1) is 11.6 Å². The minimum Gasteiger partial charge on any atom is -0.481 e. The SMILES string of the molecule is CCCCCC(O)CCCN1CCC(Cl)C1C/C=C\CCCC(=O)O. The Morgan fingerprint density at radius 1 is 1.24 bits per heavy atom. The van der Waals surface area contributed by atoms with Crippen LogP contribution in [0.3, 0.4) is 0 Å². The summed E-state index contributed by atoms with van der Waals surface area (Å²) < 4.78 is 0. The lowest BCUT2D eigenvalue weighted by molar-refractivity contribution is -0.137. The minimum atomic E-state index is -0.729. The average molecular weight is 374 g/mol. The van der Waals surface area contributed by atoms with E-state index in [1.807, 2.05) is 0 Å². The van der Waals surface area contributed by atoms with Gasteiger partial charge in [0.1, 0.15) is 0 Å². The monoisotopic (exact) mass is 373 g/mol. The molecule has 4 nitrogen and oxygen atoms in total. The summed E-state index contributed by atoms with van der Waals surface area (Å²) in [4.78, 5) is 12.9. The summed E-state index contributed by atoms with van der Waals surface area (Å²) in [5.41, 5.74) is 0. The van der Waals surface area contributed by atoms with E-state index < -0.39 is 5.97 Å². The molecular formula is C20H36ClNO3. The highest BCUT2D eigenvalue weighted by molar-refractivity contribution is 6.21. The van der Waals surface area contributed by atoms with Gasteiger partial charge < -0.3 is 10.2 Å². The summed E-state index contributed by atoms with van der Waals surface area (Å²) in [5, 5.41) is 18.9. The Morgan fingerprint density at radius 3 is 2.72 bits per heavy atom. The third-order valence-electron chi connectivity index (χ3n) is 5.01. The topological polar surface area (TPSA) is 60.8 Å². The first-order valence-electron chi connectivity index (χ1n) is 9.97. The Balaban J connectivity index is 2.21. The van der Waals surface area contributed by atoms with Gasteiger partial charge >= 0.3 is 5.97 Å². The lowest BCUT2D eigenvalue weighted by Crippen LogP contribution is -2.34. The molecule has 1 heterocycles. The van der Waals surface area contributed by atoms with Crippen molar-refractivity contribution in [2.24, 2.45) is 0 Å². The number of likely N-dealkylation sites (tertiary alicyclic amines) is 1. The highest BCUT2D eigenvalue weighted by Gasteiger charge is 2.31. The van der Waals surface area contributed by atoms with Gasteiger partial charge in [0.05, 0.1) is 11.5 Å². The number of carboxylic acids is 1. The molecule has 0 aromatic carbocycles. The predicted octanol–water partition coefficient (Wildman–Crippen LogP) is 4.59. The highest BCUT2D eigenvalue weighted by Crippen LogP contribution is 2.26. The molecule has 0 spiro atoms. The van der Waals surface area contributed by atoms with Crippen LogP contribution in [0.25, 0.3) is 0 Å². The summed E-state index contributed by atoms with van der Waals surface area (Å²) in [7, 11) is 0. The molecule has 2 N–H and O–H groups in total. The molecule has 0 aromatic heterocycles. The first kappa shape index (κ1) is 22.5. The Labute approximate surface area is 158 Å². The molecule has 1 fully saturated rings. The molecule has 0 aromatic rings. The van der Waals surface area contributed by atoms with Crippen LogP contribution < -0.4 is 0 Å². The van der Waals surface area contributed by atoms with Crippen LogP contribution in [0, 0.1) is 0 Å². The smallest absolute Gasteiger partial charge is 0.303 e. The number of hydrogen-bond acceptors (Lipinski definition) is 3. The first-order valence-corrected chi connectivity index (χ1v) is 10.4. The van der Waals surface area contributed by atoms with Gasteiger partial charge in [-0.25, -0.2) is 0 Å². The Hall–Kier alpha value is -0.580. The zero-order valence-corrected chi connectivity index (χ0v) is 16.5. The van der Waals surface area contributed by atoms with Crippen molar-refractivity contribution in [1.29, 1.82) is 0 Å². The molecule has 0 aliphatic carbocycles. The van der Waals surface area contributed by atoms with Gasteiger partial charge in [-0.05, 0) is 58.0 Å². The van der Waals surface area contributed by atoms with E-state index in [0.29, 0.717) is 12.5 Å². The van der Waals surface area contributed by atoms with Crippen LogP contribution in [-0.2, 0) is 4.79 Å². The molecule has 0 saturated carbocycles. The molecule has 1 aliphatic heterocycles. The zero-order chi connectivity index (χ0) is 18.5. The fourth-order valence-corrected chi connectivity index (χ4v) is 3.84. The number of aliphatic hydroxyl groups excluding tert-OH is 1. The fourth-order valence-electron chi connectivity index (χ4n) is 3.48. The van der Waals surface area contributed by atoms with E-state index in [1.54, 1.807) is 0 Å². The molecule has 1 aliphatic rings. The van der Waals surface area contributed by atoms with Crippen LogP contribution in [0.4, 0.5) is 0 Å². The molecule has 146 valence electrons. The van der Waals surface area contributed by atoms with E-state index in [-0.39, 0.29) is 17.9 Å². The van der Waals surface area contributed by atoms with Crippen molar-refractivity contribution >= 4 is 17.6 Å². The van der Waals surface area contributed by atoms with Crippen LogP contribution in [0.2, 0.25) is 0 Å². The first-order chi connectivity index (χ1) is 12.0.